The SMILES string of the molecule is C.Cc1ccccc1-c1cc(C(N)CC(=O)O)ccc1C#N.Cc1ccccc1-c1cc(C=O)ccc1C#N.O=C(O)CC(=O)O. The molecule has 0 heterocycles. The predicted molar refractivity (Wildman–Crippen MR) is 174 cm³/mol. The molecule has 0 amide bonds. The van der Waals surface area contributed by atoms with Crippen molar-refractivity contribution in [3.63, 3.8) is 0 Å². The summed E-state index contributed by atoms with van der Waals surface area (Å²) in [5, 5.41) is 42.6. The standard InChI is InChI=1S/C17H16N2O2.C15H11NO.C3H4O4.CH4/c1-11-4-2-3-5-14(11)15-8-12(6-7-13(15)10-18)16(19)9-17(20)21;1-11-4-2-3-5-14(11)15-8-12(10-17)6-7-13(15)9-16;4-2(5)1-3(6)7;/h2-8,16H,9,19H2,1H3,(H,20,21);2-8,10H,1H3;1H2,(H,4,5)(H,6,7);1H4. The molecule has 1 atom stereocenters. The largest absolute Gasteiger partial charge is 0.481 e. The maximum atomic E-state index is 10.8. The Morgan fingerprint density at radius 3 is 1.57 bits per heavy atom. The van der Waals surface area contributed by atoms with Crippen molar-refractivity contribution in [3.05, 3.63) is 118 Å². The molecular formula is C36H35N3O7. The summed E-state index contributed by atoms with van der Waals surface area (Å²) < 4.78 is 0. The second kappa shape index (κ2) is 18.5. The number of nitrogens with two attached hydrogens (primary N) is 1. The normalized spacial score (nSPS) is 10.1. The van der Waals surface area contributed by atoms with Crippen molar-refractivity contribution in [2.45, 2.75) is 40.2 Å². The van der Waals surface area contributed by atoms with E-state index < -0.39 is 30.4 Å². The molecule has 0 aromatic heterocycles. The molecule has 0 fully saturated rings. The second-order valence-electron chi connectivity index (χ2n) is 9.75. The monoisotopic (exact) mass is 621 g/mol. The van der Waals surface area contributed by atoms with E-state index in [9.17, 15) is 24.4 Å². The van der Waals surface area contributed by atoms with E-state index in [-0.39, 0.29) is 13.8 Å². The van der Waals surface area contributed by atoms with Crippen molar-refractivity contribution in [2.75, 3.05) is 0 Å². The van der Waals surface area contributed by atoms with Gasteiger partial charge in [-0.15, -0.1) is 0 Å². The molecule has 4 aromatic rings. The molecule has 0 saturated carbocycles. The van der Waals surface area contributed by atoms with Gasteiger partial charge in [0.25, 0.3) is 0 Å². The molecule has 0 aliphatic rings. The molecular weight excluding hydrogens is 586 g/mol. The van der Waals surface area contributed by atoms with Gasteiger partial charge >= 0.3 is 17.9 Å². The highest BCUT2D eigenvalue weighted by molar-refractivity contribution is 5.88. The van der Waals surface area contributed by atoms with Crippen molar-refractivity contribution in [2.24, 2.45) is 5.73 Å². The Hall–Kier alpha value is -6.10. The van der Waals surface area contributed by atoms with Gasteiger partial charge < -0.3 is 21.1 Å². The summed E-state index contributed by atoms with van der Waals surface area (Å²) >= 11 is 0. The molecule has 0 aliphatic heterocycles. The van der Waals surface area contributed by atoms with Crippen LogP contribution in [0.3, 0.4) is 0 Å². The van der Waals surface area contributed by atoms with Gasteiger partial charge in [-0.2, -0.15) is 10.5 Å². The number of carbonyl (C=O) groups excluding carboxylic acids is 1. The Balaban J connectivity index is 0.000000381. The van der Waals surface area contributed by atoms with E-state index in [1.54, 1.807) is 30.3 Å². The number of rotatable bonds is 8. The molecule has 1 unspecified atom stereocenters. The van der Waals surface area contributed by atoms with Crippen LogP contribution in [0.4, 0.5) is 0 Å². The molecule has 10 heteroatoms. The summed E-state index contributed by atoms with van der Waals surface area (Å²) in [5.41, 5.74) is 14.0. The van der Waals surface area contributed by atoms with Crippen LogP contribution in [0.5, 0.6) is 0 Å². The van der Waals surface area contributed by atoms with E-state index in [2.05, 4.69) is 12.1 Å². The molecule has 236 valence electrons. The summed E-state index contributed by atoms with van der Waals surface area (Å²) in [4.78, 5) is 40.4. The summed E-state index contributed by atoms with van der Waals surface area (Å²) in [6, 6.07) is 29.7. The van der Waals surface area contributed by atoms with Gasteiger partial charge in [0.1, 0.15) is 12.7 Å². The van der Waals surface area contributed by atoms with Crippen LogP contribution in [0.25, 0.3) is 22.3 Å². The van der Waals surface area contributed by atoms with Gasteiger partial charge in [-0.05, 0) is 65.9 Å². The number of aldehydes is 1. The molecule has 0 bridgehead atoms. The Bertz CT molecular complexity index is 1770. The summed E-state index contributed by atoms with van der Waals surface area (Å²) in [6.45, 7) is 3.96. The van der Waals surface area contributed by atoms with Gasteiger partial charge in [-0.3, -0.25) is 19.2 Å². The maximum Gasteiger partial charge on any atom is 0.314 e. The second-order valence-corrected chi connectivity index (χ2v) is 9.75. The fourth-order valence-corrected chi connectivity index (χ4v) is 4.25. The van der Waals surface area contributed by atoms with Crippen molar-refractivity contribution in [3.8, 4) is 34.4 Å². The number of hydrogen-bond donors (Lipinski definition) is 4. The first-order valence-electron chi connectivity index (χ1n) is 13.5. The number of nitrogens with zero attached hydrogens (tertiary/aromatic N) is 2. The zero-order valence-electron chi connectivity index (χ0n) is 24.6. The number of nitriles is 2. The van der Waals surface area contributed by atoms with Gasteiger partial charge in [0.2, 0.25) is 0 Å². The van der Waals surface area contributed by atoms with Crippen LogP contribution in [-0.4, -0.2) is 39.5 Å². The Morgan fingerprint density at radius 1 is 0.717 bits per heavy atom. The van der Waals surface area contributed by atoms with Crippen LogP contribution in [0.15, 0.2) is 84.9 Å². The zero-order chi connectivity index (χ0) is 33.5. The highest BCUT2D eigenvalue weighted by Gasteiger charge is 2.14. The summed E-state index contributed by atoms with van der Waals surface area (Å²) in [5.74, 6) is -3.57. The van der Waals surface area contributed by atoms with Gasteiger partial charge in [-0.25, -0.2) is 0 Å². The molecule has 0 aliphatic carbocycles. The lowest BCUT2D eigenvalue weighted by molar-refractivity contribution is -0.147. The van der Waals surface area contributed by atoms with Crippen LogP contribution < -0.4 is 5.73 Å². The van der Waals surface area contributed by atoms with Crippen molar-refractivity contribution >= 4 is 24.2 Å². The fraction of sp³-hybridized carbons (Fsp3) is 0.167. The van der Waals surface area contributed by atoms with Gasteiger partial charge in [0.05, 0.1) is 29.7 Å². The average Bonchev–Trinajstić information content (AvgIpc) is 3.00. The minimum absolute atomic E-state index is 0. The molecule has 0 radical (unpaired) electrons. The minimum atomic E-state index is -1.31. The lowest BCUT2D eigenvalue weighted by atomic mass is 9.92. The third kappa shape index (κ3) is 11.2. The number of aliphatic carboxylic acids is 3. The number of benzene rings is 4. The minimum Gasteiger partial charge on any atom is -0.481 e. The van der Waals surface area contributed by atoms with Crippen molar-refractivity contribution in [1.82, 2.24) is 0 Å². The van der Waals surface area contributed by atoms with E-state index in [4.69, 9.17) is 26.3 Å². The van der Waals surface area contributed by atoms with Crippen LogP contribution in [0.2, 0.25) is 0 Å². The topological polar surface area (TPSA) is 203 Å². The third-order valence-electron chi connectivity index (χ3n) is 6.46. The number of hydrogen-bond acceptors (Lipinski definition) is 7. The molecule has 46 heavy (non-hydrogen) atoms. The summed E-state index contributed by atoms with van der Waals surface area (Å²) in [6.07, 6.45) is -0.151. The molecule has 0 saturated heterocycles. The van der Waals surface area contributed by atoms with Crippen molar-refractivity contribution in [1.29, 1.82) is 10.5 Å². The van der Waals surface area contributed by atoms with E-state index >= 15 is 0 Å². The molecule has 4 rings (SSSR count). The smallest absolute Gasteiger partial charge is 0.314 e. The van der Waals surface area contributed by atoms with E-state index in [1.165, 1.54) is 0 Å². The van der Waals surface area contributed by atoms with Crippen LogP contribution in [0.1, 0.15) is 64.5 Å². The number of carbonyl (C=O) groups is 4. The lowest BCUT2D eigenvalue weighted by Crippen LogP contribution is -2.15. The van der Waals surface area contributed by atoms with Crippen LogP contribution in [0, 0.1) is 36.5 Å². The Morgan fingerprint density at radius 2 is 1.17 bits per heavy atom. The van der Waals surface area contributed by atoms with E-state index in [1.807, 2.05) is 68.4 Å². The molecule has 4 aromatic carbocycles. The first kappa shape index (κ1) is 37.9. The predicted octanol–water partition coefficient (Wildman–Crippen LogP) is 6.54. The third-order valence-corrected chi connectivity index (χ3v) is 6.46. The molecule has 0 spiro atoms. The molecule has 10 nitrogen and oxygen atoms in total. The van der Waals surface area contributed by atoms with Gasteiger partial charge in [0.15, 0.2) is 0 Å². The van der Waals surface area contributed by atoms with Gasteiger partial charge in [0, 0.05) is 22.7 Å². The summed E-state index contributed by atoms with van der Waals surface area (Å²) in [7, 11) is 0. The highest BCUT2D eigenvalue weighted by atomic mass is 16.4. The van der Waals surface area contributed by atoms with Crippen LogP contribution in [-0.2, 0) is 14.4 Å². The average molecular weight is 622 g/mol. The van der Waals surface area contributed by atoms with E-state index in [0.29, 0.717) is 16.7 Å². The van der Waals surface area contributed by atoms with E-state index in [0.717, 1.165) is 45.2 Å². The maximum absolute atomic E-state index is 10.8. The number of aryl methyl sites for hydroxylation is 2. The lowest BCUT2D eigenvalue weighted by Gasteiger charge is -2.14. The first-order valence-corrected chi connectivity index (χ1v) is 13.5. The Kier molecular flexibility index (Phi) is 15.3. The fourth-order valence-electron chi connectivity index (χ4n) is 4.25. The highest BCUT2D eigenvalue weighted by Crippen LogP contribution is 2.30. The first-order chi connectivity index (χ1) is 21.4. The zero-order valence-corrected chi connectivity index (χ0v) is 24.6. The Labute approximate surface area is 267 Å². The quantitative estimate of drug-likeness (QED) is 0.124. The van der Waals surface area contributed by atoms with Crippen LogP contribution >= 0.6 is 0 Å². The number of carboxylic acids is 3. The van der Waals surface area contributed by atoms with Crippen molar-refractivity contribution < 1.29 is 34.5 Å². The molecule has 5 N–H and O–H groups in total. The van der Waals surface area contributed by atoms with Gasteiger partial charge in [-0.1, -0.05) is 68.1 Å². The number of carboxylic acid groups (broad SMARTS) is 3.